The number of methoxy groups -OCH3 is 1. The molecule has 2 heterocycles. The van der Waals surface area contributed by atoms with Crippen LogP contribution in [0.3, 0.4) is 0 Å². The number of rotatable bonds is 8. The van der Waals surface area contributed by atoms with E-state index in [-0.39, 0.29) is 12.3 Å². The van der Waals surface area contributed by atoms with E-state index in [4.69, 9.17) is 13.9 Å². The normalized spacial score (nSPS) is 13.7. The van der Waals surface area contributed by atoms with Gasteiger partial charge in [0.25, 0.3) is 0 Å². The summed E-state index contributed by atoms with van der Waals surface area (Å²) in [4.78, 5) is 29.7. The molecule has 1 fully saturated rings. The van der Waals surface area contributed by atoms with E-state index in [2.05, 4.69) is 11.5 Å². The third kappa shape index (κ3) is 5.67. The second kappa shape index (κ2) is 10.7. The molecule has 1 aliphatic heterocycles. The van der Waals surface area contributed by atoms with Gasteiger partial charge in [0.15, 0.2) is 0 Å². The predicted molar refractivity (Wildman–Crippen MR) is 138 cm³/mol. The zero-order chi connectivity index (χ0) is 24.9. The summed E-state index contributed by atoms with van der Waals surface area (Å²) in [5, 5.41) is 0.850. The Kier molecular flexibility index (Phi) is 7.44. The first kappa shape index (κ1) is 24.4. The fourth-order valence-corrected chi connectivity index (χ4v) is 4.36. The van der Waals surface area contributed by atoms with Crippen LogP contribution in [0.1, 0.15) is 24.5 Å². The Balaban J connectivity index is 1.37. The molecule has 0 bridgehead atoms. The number of carbonyl (C=O) groups excluding carboxylic acids is 1. The molecule has 184 valence electrons. The van der Waals surface area contributed by atoms with E-state index in [1.54, 1.807) is 13.2 Å². The monoisotopic (exact) mass is 476 g/mol. The molecule has 0 N–H and O–H groups in total. The molecule has 0 atom stereocenters. The third-order valence-electron chi connectivity index (χ3n) is 6.40. The maximum atomic E-state index is 12.9. The van der Waals surface area contributed by atoms with E-state index >= 15 is 0 Å². The largest absolute Gasteiger partial charge is 0.497 e. The van der Waals surface area contributed by atoms with Crippen LogP contribution in [0.5, 0.6) is 11.5 Å². The Hall–Kier alpha value is -3.74. The smallest absolute Gasteiger partial charge is 0.339 e. The van der Waals surface area contributed by atoms with Crippen LogP contribution in [0.25, 0.3) is 11.0 Å². The van der Waals surface area contributed by atoms with E-state index in [9.17, 15) is 9.59 Å². The number of piperazine rings is 1. The summed E-state index contributed by atoms with van der Waals surface area (Å²) >= 11 is 0. The van der Waals surface area contributed by atoms with Crippen LogP contribution in [0.4, 0.5) is 5.69 Å². The van der Waals surface area contributed by atoms with Crippen LogP contribution in [0, 0.1) is 6.92 Å². The number of carbonyl (C=O) groups is 1. The van der Waals surface area contributed by atoms with Crippen molar-refractivity contribution in [3.63, 3.8) is 0 Å². The SMILES string of the molecule is C=C(C)COc1ccc2c(C)c(CCC(=O)N3CCN(c4ccc(OC)cc4)CC3)c(=O)oc2c1. The lowest BCUT2D eigenvalue weighted by Crippen LogP contribution is -2.48. The molecule has 7 heteroatoms. The van der Waals surface area contributed by atoms with Gasteiger partial charge in [0.1, 0.15) is 23.7 Å². The first-order valence-corrected chi connectivity index (χ1v) is 11.9. The number of anilines is 1. The minimum absolute atomic E-state index is 0.0572. The lowest BCUT2D eigenvalue weighted by atomic mass is 10.0. The van der Waals surface area contributed by atoms with Crippen molar-refractivity contribution in [3.8, 4) is 11.5 Å². The molecule has 1 aromatic heterocycles. The minimum Gasteiger partial charge on any atom is -0.497 e. The second-order valence-electron chi connectivity index (χ2n) is 8.96. The van der Waals surface area contributed by atoms with Crippen LogP contribution in [-0.2, 0) is 11.2 Å². The van der Waals surface area contributed by atoms with Gasteiger partial charge in [-0.3, -0.25) is 4.79 Å². The molecule has 35 heavy (non-hydrogen) atoms. The van der Waals surface area contributed by atoms with Gasteiger partial charge in [-0.15, -0.1) is 0 Å². The van der Waals surface area contributed by atoms with Gasteiger partial charge in [-0.25, -0.2) is 4.79 Å². The molecule has 1 amide bonds. The van der Waals surface area contributed by atoms with Gasteiger partial charge in [-0.2, -0.15) is 0 Å². The molecular formula is C28H32N2O5. The lowest BCUT2D eigenvalue weighted by molar-refractivity contribution is -0.131. The molecule has 2 aromatic carbocycles. The molecule has 1 saturated heterocycles. The van der Waals surface area contributed by atoms with Crippen molar-refractivity contribution in [1.29, 1.82) is 0 Å². The highest BCUT2D eigenvalue weighted by Gasteiger charge is 2.22. The first-order chi connectivity index (χ1) is 16.9. The Morgan fingerprint density at radius 2 is 1.74 bits per heavy atom. The van der Waals surface area contributed by atoms with Gasteiger partial charge in [-0.05, 0) is 67.8 Å². The molecule has 0 saturated carbocycles. The van der Waals surface area contributed by atoms with Crippen LogP contribution >= 0.6 is 0 Å². The van der Waals surface area contributed by atoms with E-state index in [1.807, 2.05) is 55.1 Å². The molecule has 7 nitrogen and oxygen atoms in total. The van der Waals surface area contributed by atoms with Gasteiger partial charge < -0.3 is 23.7 Å². The van der Waals surface area contributed by atoms with Gasteiger partial charge in [0.2, 0.25) is 5.91 Å². The second-order valence-corrected chi connectivity index (χ2v) is 8.96. The fraction of sp³-hybridized carbons (Fsp3) is 0.357. The average molecular weight is 477 g/mol. The zero-order valence-electron chi connectivity index (χ0n) is 20.6. The Bertz CT molecular complexity index is 1270. The number of aryl methyl sites for hydroxylation is 1. The van der Waals surface area contributed by atoms with Crippen molar-refractivity contribution >= 4 is 22.6 Å². The summed E-state index contributed by atoms with van der Waals surface area (Å²) in [6, 6.07) is 13.4. The summed E-state index contributed by atoms with van der Waals surface area (Å²) in [6.45, 7) is 10.9. The molecule has 4 rings (SSSR count). The first-order valence-electron chi connectivity index (χ1n) is 11.9. The highest BCUT2D eigenvalue weighted by Crippen LogP contribution is 2.25. The number of benzene rings is 2. The Morgan fingerprint density at radius 1 is 1.06 bits per heavy atom. The topological polar surface area (TPSA) is 72.2 Å². The van der Waals surface area contributed by atoms with E-state index in [0.29, 0.717) is 43.0 Å². The third-order valence-corrected chi connectivity index (χ3v) is 6.40. The number of nitrogens with zero attached hydrogens (tertiary/aromatic N) is 2. The van der Waals surface area contributed by atoms with E-state index in [1.165, 1.54) is 0 Å². The number of ether oxygens (including phenoxy) is 2. The van der Waals surface area contributed by atoms with Crippen molar-refractivity contribution in [2.24, 2.45) is 0 Å². The summed E-state index contributed by atoms with van der Waals surface area (Å²) in [7, 11) is 1.65. The maximum Gasteiger partial charge on any atom is 0.339 e. The average Bonchev–Trinajstić information content (AvgIpc) is 2.87. The van der Waals surface area contributed by atoms with Gasteiger partial charge in [0.05, 0.1) is 7.11 Å². The van der Waals surface area contributed by atoms with Crippen LogP contribution < -0.4 is 20.0 Å². The highest BCUT2D eigenvalue weighted by atomic mass is 16.5. The van der Waals surface area contributed by atoms with Gasteiger partial charge in [-0.1, -0.05) is 6.58 Å². The van der Waals surface area contributed by atoms with Crippen LogP contribution in [-0.4, -0.2) is 50.7 Å². The summed E-state index contributed by atoms with van der Waals surface area (Å²) in [6.07, 6.45) is 0.634. The number of amides is 1. The Morgan fingerprint density at radius 3 is 2.40 bits per heavy atom. The molecule has 0 aliphatic carbocycles. The summed E-state index contributed by atoms with van der Waals surface area (Å²) < 4.78 is 16.5. The zero-order valence-corrected chi connectivity index (χ0v) is 20.6. The van der Waals surface area contributed by atoms with Crippen molar-refractivity contribution in [3.05, 3.63) is 76.2 Å². The van der Waals surface area contributed by atoms with Crippen molar-refractivity contribution in [1.82, 2.24) is 4.90 Å². The number of fused-ring (bicyclic) bond motifs is 1. The van der Waals surface area contributed by atoms with Crippen molar-refractivity contribution in [2.45, 2.75) is 26.7 Å². The molecule has 0 spiro atoms. The minimum atomic E-state index is -0.399. The molecule has 0 radical (unpaired) electrons. The lowest BCUT2D eigenvalue weighted by Gasteiger charge is -2.36. The molecule has 1 aliphatic rings. The highest BCUT2D eigenvalue weighted by molar-refractivity contribution is 5.83. The van der Waals surface area contributed by atoms with E-state index in [0.717, 1.165) is 41.0 Å². The number of hydrogen-bond donors (Lipinski definition) is 0. The fourth-order valence-electron chi connectivity index (χ4n) is 4.36. The van der Waals surface area contributed by atoms with Crippen molar-refractivity contribution in [2.75, 3.05) is 44.8 Å². The molecule has 0 unspecified atom stereocenters. The molecule has 3 aromatic rings. The molecular weight excluding hydrogens is 444 g/mol. The van der Waals surface area contributed by atoms with Crippen LogP contribution in [0.15, 0.2) is 63.8 Å². The summed E-state index contributed by atoms with van der Waals surface area (Å²) in [5.74, 6) is 1.51. The summed E-state index contributed by atoms with van der Waals surface area (Å²) in [5.41, 5.74) is 3.51. The maximum absolute atomic E-state index is 12.9. The van der Waals surface area contributed by atoms with E-state index < -0.39 is 5.63 Å². The predicted octanol–water partition coefficient (Wildman–Crippen LogP) is 4.35. The van der Waals surface area contributed by atoms with Crippen molar-refractivity contribution < 1.29 is 18.7 Å². The standard InChI is InChI=1S/C28H32N2O5/c1-19(2)18-34-23-9-10-24-20(3)25(28(32)35-26(24)17-23)11-12-27(31)30-15-13-29(14-16-30)21-5-7-22(33-4)8-6-21/h5-10,17H,1,11-16,18H2,2-4H3. The number of hydrogen-bond acceptors (Lipinski definition) is 6. The van der Waals surface area contributed by atoms with Crippen LogP contribution in [0.2, 0.25) is 0 Å². The quantitative estimate of drug-likeness (QED) is 0.356. The van der Waals surface area contributed by atoms with Gasteiger partial charge in [0, 0.05) is 55.3 Å². The Labute approximate surface area is 205 Å². The van der Waals surface area contributed by atoms with Gasteiger partial charge >= 0.3 is 5.63 Å².